The summed E-state index contributed by atoms with van der Waals surface area (Å²) in [6.45, 7) is 10.3. The van der Waals surface area contributed by atoms with Gasteiger partial charge in [0.1, 0.15) is 5.82 Å². The number of hydrogen-bond donors (Lipinski definition) is 1. The highest BCUT2D eigenvalue weighted by Crippen LogP contribution is 2.15. The topological polar surface area (TPSA) is 15.3 Å². The zero-order valence-electron chi connectivity index (χ0n) is 13.0. The van der Waals surface area contributed by atoms with Crippen LogP contribution in [0.5, 0.6) is 0 Å². The maximum atomic E-state index is 12.7. The maximum Gasteiger partial charge on any atom is 0.123 e. The number of hydrogen-bond acceptors (Lipinski definition) is 2. The fourth-order valence-corrected chi connectivity index (χ4v) is 1.93. The highest BCUT2D eigenvalue weighted by molar-refractivity contribution is 5.43. The van der Waals surface area contributed by atoms with Gasteiger partial charge in [-0.15, -0.1) is 0 Å². The van der Waals surface area contributed by atoms with Crippen LogP contribution in [-0.4, -0.2) is 31.1 Å². The van der Waals surface area contributed by atoms with E-state index in [0.717, 1.165) is 31.6 Å². The summed E-state index contributed by atoms with van der Waals surface area (Å²) in [5.74, 6) is -0.177. The van der Waals surface area contributed by atoms with Gasteiger partial charge in [-0.1, -0.05) is 27.7 Å². The highest BCUT2D eigenvalue weighted by Gasteiger charge is 2.15. The summed E-state index contributed by atoms with van der Waals surface area (Å²) in [6.07, 6.45) is 2.32. The minimum absolute atomic E-state index is 0.177. The van der Waals surface area contributed by atoms with Crippen LogP contribution in [0.1, 0.15) is 40.5 Å². The van der Waals surface area contributed by atoms with Gasteiger partial charge < -0.3 is 10.2 Å². The normalized spacial score (nSPS) is 15.7. The lowest BCUT2D eigenvalue weighted by Gasteiger charge is -2.30. The van der Waals surface area contributed by atoms with Crippen molar-refractivity contribution in [3.63, 3.8) is 0 Å². The molecule has 1 fully saturated rings. The molecule has 0 atom stereocenters. The molecule has 1 aliphatic heterocycles. The number of benzene rings is 1. The zero-order valence-corrected chi connectivity index (χ0v) is 13.0. The molecule has 1 aliphatic rings. The second-order valence-electron chi connectivity index (χ2n) is 4.23. The Bertz CT molecular complexity index is 303. The van der Waals surface area contributed by atoms with Gasteiger partial charge in [0.25, 0.3) is 0 Å². The molecule has 0 spiro atoms. The Balaban J connectivity index is 0.000000741. The van der Waals surface area contributed by atoms with Crippen LogP contribution in [0, 0.1) is 5.82 Å². The molecule has 0 radical (unpaired) electrons. The maximum absolute atomic E-state index is 12.7. The van der Waals surface area contributed by atoms with Gasteiger partial charge in [0.15, 0.2) is 0 Å². The molecular formula is C16H29FN2. The first kappa shape index (κ1) is 17.9. The molecule has 1 saturated heterocycles. The quantitative estimate of drug-likeness (QED) is 0.856. The molecular weight excluding hydrogens is 239 g/mol. The Labute approximate surface area is 118 Å². The number of halogens is 1. The molecule has 1 aromatic carbocycles. The summed E-state index contributed by atoms with van der Waals surface area (Å²) in [7, 11) is 2.15. The van der Waals surface area contributed by atoms with E-state index in [1.165, 1.54) is 12.1 Å². The van der Waals surface area contributed by atoms with E-state index in [1.54, 1.807) is 12.1 Å². The fraction of sp³-hybridized carbons (Fsp3) is 0.625. The second-order valence-corrected chi connectivity index (χ2v) is 4.23. The van der Waals surface area contributed by atoms with Gasteiger partial charge in [-0.25, -0.2) is 4.39 Å². The summed E-state index contributed by atoms with van der Waals surface area (Å²) in [6, 6.07) is 7.13. The van der Waals surface area contributed by atoms with Gasteiger partial charge in [0.05, 0.1) is 0 Å². The zero-order chi connectivity index (χ0) is 14.7. The highest BCUT2D eigenvalue weighted by atomic mass is 19.1. The lowest BCUT2D eigenvalue weighted by molar-refractivity contribution is 0.264. The molecule has 1 heterocycles. The summed E-state index contributed by atoms with van der Waals surface area (Å²) in [4.78, 5) is 2.34. The molecule has 3 heteroatoms. The molecule has 19 heavy (non-hydrogen) atoms. The van der Waals surface area contributed by atoms with Crippen molar-refractivity contribution in [3.05, 3.63) is 30.1 Å². The number of likely N-dealkylation sites (tertiary alicyclic amines) is 1. The molecule has 2 nitrogen and oxygen atoms in total. The number of nitrogens with one attached hydrogen (secondary N) is 1. The molecule has 2 rings (SSSR count). The van der Waals surface area contributed by atoms with Crippen molar-refractivity contribution < 1.29 is 4.39 Å². The van der Waals surface area contributed by atoms with Crippen molar-refractivity contribution in [1.82, 2.24) is 4.90 Å². The van der Waals surface area contributed by atoms with E-state index in [-0.39, 0.29) is 5.82 Å². The molecule has 110 valence electrons. The smallest absolute Gasteiger partial charge is 0.123 e. The van der Waals surface area contributed by atoms with Crippen LogP contribution in [0.4, 0.5) is 10.1 Å². The number of anilines is 1. The first-order valence-corrected chi connectivity index (χ1v) is 7.45. The molecule has 0 bridgehead atoms. The van der Waals surface area contributed by atoms with Gasteiger partial charge in [0.2, 0.25) is 0 Å². The summed E-state index contributed by atoms with van der Waals surface area (Å²) < 4.78 is 12.7. The second kappa shape index (κ2) is 10.8. The van der Waals surface area contributed by atoms with Crippen LogP contribution in [0.2, 0.25) is 0 Å². The summed E-state index contributed by atoms with van der Waals surface area (Å²) in [5.41, 5.74) is 1.02. The molecule has 0 aromatic heterocycles. The van der Waals surface area contributed by atoms with Crippen molar-refractivity contribution >= 4 is 5.69 Å². The molecule has 0 amide bonds. The van der Waals surface area contributed by atoms with Crippen LogP contribution >= 0.6 is 0 Å². The summed E-state index contributed by atoms with van der Waals surface area (Å²) >= 11 is 0. The van der Waals surface area contributed by atoms with Crippen LogP contribution in [0.15, 0.2) is 24.3 Å². The average Bonchev–Trinajstić information content (AvgIpc) is 2.48. The molecule has 1 N–H and O–H groups in total. The van der Waals surface area contributed by atoms with Crippen molar-refractivity contribution in [2.45, 2.75) is 46.6 Å². The molecule has 0 unspecified atom stereocenters. The Morgan fingerprint density at radius 1 is 1.00 bits per heavy atom. The third-order valence-electron chi connectivity index (χ3n) is 2.93. The summed E-state index contributed by atoms with van der Waals surface area (Å²) in [5, 5.41) is 3.44. The van der Waals surface area contributed by atoms with Crippen LogP contribution < -0.4 is 5.32 Å². The minimum atomic E-state index is -0.177. The Morgan fingerprint density at radius 3 is 1.95 bits per heavy atom. The third kappa shape index (κ3) is 7.16. The van der Waals surface area contributed by atoms with Crippen LogP contribution in [0.25, 0.3) is 0 Å². The average molecular weight is 268 g/mol. The van der Waals surface area contributed by atoms with Gasteiger partial charge >= 0.3 is 0 Å². The fourth-order valence-electron chi connectivity index (χ4n) is 1.93. The van der Waals surface area contributed by atoms with E-state index in [1.807, 2.05) is 27.7 Å². The molecule has 0 aliphatic carbocycles. The Kier molecular flexibility index (Phi) is 10.2. The van der Waals surface area contributed by atoms with Gasteiger partial charge in [-0.2, -0.15) is 0 Å². The molecule has 1 aromatic rings. The number of nitrogens with zero attached hydrogens (tertiary/aromatic N) is 1. The monoisotopic (exact) mass is 268 g/mol. The van der Waals surface area contributed by atoms with E-state index in [4.69, 9.17) is 0 Å². The van der Waals surface area contributed by atoms with Gasteiger partial charge in [-0.05, 0) is 57.2 Å². The van der Waals surface area contributed by atoms with Crippen LogP contribution in [-0.2, 0) is 0 Å². The van der Waals surface area contributed by atoms with E-state index < -0.39 is 0 Å². The lowest BCUT2D eigenvalue weighted by Crippen LogP contribution is -2.36. The third-order valence-corrected chi connectivity index (χ3v) is 2.93. The first-order chi connectivity index (χ1) is 9.24. The molecule has 0 saturated carbocycles. The van der Waals surface area contributed by atoms with Crippen molar-refractivity contribution in [2.75, 3.05) is 25.5 Å². The lowest BCUT2D eigenvalue weighted by atomic mass is 10.1. The standard InChI is InChI=1S/C12H17FN2.2C2H6/c1-15-8-6-12(7-9-15)14-11-4-2-10(13)3-5-11;2*1-2/h2-5,12,14H,6-9H2,1H3;2*1-2H3. The predicted molar refractivity (Wildman–Crippen MR) is 83.2 cm³/mol. The van der Waals surface area contributed by atoms with Gasteiger partial charge in [0, 0.05) is 11.7 Å². The largest absolute Gasteiger partial charge is 0.382 e. The Hall–Kier alpha value is -1.09. The number of piperidine rings is 1. The van der Waals surface area contributed by atoms with E-state index in [2.05, 4.69) is 17.3 Å². The SMILES string of the molecule is CC.CC.CN1CCC(Nc2ccc(F)cc2)CC1. The predicted octanol–water partition coefficient (Wildman–Crippen LogP) is 4.38. The van der Waals surface area contributed by atoms with Crippen molar-refractivity contribution in [1.29, 1.82) is 0 Å². The van der Waals surface area contributed by atoms with Crippen molar-refractivity contribution in [3.8, 4) is 0 Å². The van der Waals surface area contributed by atoms with E-state index in [0.29, 0.717) is 6.04 Å². The Morgan fingerprint density at radius 2 is 1.47 bits per heavy atom. The van der Waals surface area contributed by atoms with Gasteiger partial charge in [-0.3, -0.25) is 0 Å². The minimum Gasteiger partial charge on any atom is -0.382 e. The van der Waals surface area contributed by atoms with E-state index in [9.17, 15) is 4.39 Å². The van der Waals surface area contributed by atoms with Crippen molar-refractivity contribution in [2.24, 2.45) is 0 Å². The first-order valence-electron chi connectivity index (χ1n) is 7.45. The van der Waals surface area contributed by atoms with Crippen LogP contribution in [0.3, 0.4) is 0 Å². The number of rotatable bonds is 2. The van der Waals surface area contributed by atoms with E-state index >= 15 is 0 Å².